The minimum absolute atomic E-state index is 0.283. The van der Waals surface area contributed by atoms with Gasteiger partial charge in [0.25, 0.3) is 0 Å². The van der Waals surface area contributed by atoms with Crippen LogP contribution in [0.15, 0.2) is 30.0 Å². The van der Waals surface area contributed by atoms with Crippen LogP contribution in [0, 0.1) is 0 Å². The first kappa shape index (κ1) is 8.17. The lowest BCUT2D eigenvalue weighted by Gasteiger charge is -1.94. The van der Waals surface area contributed by atoms with Crippen LogP contribution in [0.1, 0.15) is 25.0 Å². The molecule has 2 heteroatoms. The normalized spacial score (nSPS) is 19.7. The Kier molecular flexibility index (Phi) is 2.21. The largest absolute Gasteiger partial charge is 0.295 e. The molecule has 0 spiro atoms. The van der Waals surface area contributed by atoms with E-state index in [2.05, 4.69) is 4.98 Å². The first-order valence-corrected chi connectivity index (χ1v) is 4.51. The molecule has 0 N–H and O–H groups in total. The quantitative estimate of drug-likeness (QED) is 0.609. The van der Waals surface area contributed by atoms with Crippen molar-refractivity contribution in [2.45, 2.75) is 19.3 Å². The minimum Gasteiger partial charge on any atom is -0.295 e. The Morgan fingerprint density at radius 3 is 2.85 bits per heavy atom. The molecule has 1 aliphatic carbocycles. The molecule has 1 saturated carbocycles. The van der Waals surface area contributed by atoms with Crippen molar-refractivity contribution in [1.82, 2.24) is 4.98 Å². The van der Waals surface area contributed by atoms with Crippen LogP contribution in [0.4, 0.5) is 0 Å². The van der Waals surface area contributed by atoms with E-state index in [9.17, 15) is 4.79 Å². The smallest absolute Gasteiger partial charge is 0.158 e. The minimum atomic E-state index is 0.283. The van der Waals surface area contributed by atoms with Crippen molar-refractivity contribution >= 4 is 11.9 Å². The molecular weight excluding hydrogens is 162 g/mol. The number of nitrogens with zero attached hydrogens (tertiary/aromatic N) is 1. The summed E-state index contributed by atoms with van der Waals surface area (Å²) < 4.78 is 0. The molecule has 13 heavy (non-hydrogen) atoms. The van der Waals surface area contributed by atoms with Gasteiger partial charge in [-0.3, -0.25) is 9.78 Å². The molecule has 0 bridgehead atoms. The summed E-state index contributed by atoms with van der Waals surface area (Å²) in [4.78, 5) is 15.4. The summed E-state index contributed by atoms with van der Waals surface area (Å²) in [6.07, 6.45) is 6.26. The van der Waals surface area contributed by atoms with Crippen molar-refractivity contribution in [2.75, 3.05) is 0 Å². The van der Waals surface area contributed by atoms with Gasteiger partial charge in [-0.1, -0.05) is 6.07 Å². The Balaban J connectivity index is 2.25. The number of rotatable bonds is 1. The molecule has 0 unspecified atom stereocenters. The molecule has 2 rings (SSSR count). The van der Waals surface area contributed by atoms with Crippen molar-refractivity contribution in [3.8, 4) is 0 Å². The number of hydrogen-bond acceptors (Lipinski definition) is 2. The molecule has 66 valence electrons. The molecule has 1 aromatic heterocycles. The van der Waals surface area contributed by atoms with Gasteiger partial charge in [0.2, 0.25) is 0 Å². The molecule has 1 heterocycles. The van der Waals surface area contributed by atoms with E-state index in [1.807, 2.05) is 24.3 Å². The lowest BCUT2D eigenvalue weighted by molar-refractivity contribution is -0.114. The molecule has 0 amide bonds. The summed E-state index contributed by atoms with van der Waals surface area (Å²) in [6.45, 7) is 0. The van der Waals surface area contributed by atoms with Crippen LogP contribution in [0.25, 0.3) is 6.08 Å². The monoisotopic (exact) mass is 173 g/mol. The van der Waals surface area contributed by atoms with Crippen LogP contribution in [-0.4, -0.2) is 10.8 Å². The Labute approximate surface area is 77.3 Å². The van der Waals surface area contributed by atoms with Crippen LogP contribution in [-0.2, 0) is 4.79 Å². The zero-order valence-electron chi connectivity index (χ0n) is 7.36. The topological polar surface area (TPSA) is 30.0 Å². The highest BCUT2D eigenvalue weighted by Crippen LogP contribution is 2.21. The summed E-state index contributed by atoms with van der Waals surface area (Å²) in [5, 5.41) is 0. The Hall–Kier alpha value is -1.44. The van der Waals surface area contributed by atoms with Crippen LogP contribution in [0.3, 0.4) is 0 Å². The summed E-state index contributed by atoms with van der Waals surface area (Å²) in [6, 6.07) is 5.72. The molecule has 1 aromatic rings. The average molecular weight is 173 g/mol. The third kappa shape index (κ3) is 1.83. The standard InChI is InChI=1S/C11H11NO/c13-11-6-3-4-9(11)8-10-5-1-2-7-12-10/h1-2,5,7-8H,3-4,6H2/b9-8+. The van der Waals surface area contributed by atoms with Crippen molar-refractivity contribution in [2.24, 2.45) is 0 Å². The van der Waals surface area contributed by atoms with E-state index in [0.29, 0.717) is 6.42 Å². The number of pyridine rings is 1. The molecule has 0 atom stereocenters. The van der Waals surface area contributed by atoms with E-state index < -0.39 is 0 Å². The van der Waals surface area contributed by atoms with E-state index in [1.54, 1.807) is 6.20 Å². The number of carbonyl (C=O) groups is 1. The molecular formula is C11H11NO. The molecule has 0 aliphatic heterocycles. The van der Waals surface area contributed by atoms with Crippen LogP contribution in [0.2, 0.25) is 0 Å². The van der Waals surface area contributed by atoms with Gasteiger partial charge in [0.15, 0.2) is 5.78 Å². The third-order valence-electron chi connectivity index (χ3n) is 2.22. The van der Waals surface area contributed by atoms with Crippen molar-refractivity contribution < 1.29 is 4.79 Å². The fourth-order valence-electron chi connectivity index (χ4n) is 1.53. The summed E-state index contributed by atoms with van der Waals surface area (Å²) in [5.74, 6) is 0.283. The van der Waals surface area contributed by atoms with Gasteiger partial charge in [0.05, 0.1) is 5.69 Å². The van der Waals surface area contributed by atoms with Gasteiger partial charge >= 0.3 is 0 Å². The second-order valence-corrected chi connectivity index (χ2v) is 3.20. The molecule has 0 aromatic carbocycles. The average Bonchev–Trinajstić information content (AvgIpc) is 2.54. The lowest BCUT2D eigenvalue weighted by Crippen LogP contribution is -1.91. The predicted molar refractivity (Wildman–Crippen MR) is 51.1 cm³/mol. The van der Waals surface area contributed by atoms with E-state index in [0.717, 1.165) is 24.1 Å². The number of aromatic nitrogens is 1. The van der Waals surface area contributed by atoms with Gasteiger partial charge in [-0.15, -0.1) is 0 Å². The van der Waals surface area contributed by atoms with Crippen LogP contribution < -0.4 is 0 Å². The van der Waals surface area contributed by atoms with Gasteiger partial charge in [0.1, 0.15) is 0 Å². The third-order valence-corrected chi connectivity index (χ3v) is 2.22. The van der Waals surface area contributed by atoms with Gasteiger partial charge in [-0.05, 0) is 36.6 Å². The zero-order chi connectivity index (χ0) is 9.10. The van der Waals surface area contributed by atoms with Gasteiger partial charge in [-0.25, -0.2) is 0 Å². The van der Waals surface area contributed by atoms with Crippen molar-refractivity contribution in [1.29, 1.82) is 0 Å². The number of allylic oxidation sites excluding steroid dienone is 1. The maximum Gasteiger partial charge on any atom is 0.158 e. The van der Waals surface area contributed by atoms with E-state index in [1.165, 1.54) is 0 Å². The highest BCUT2D eigenvalue weighted by molar-refractivity contribution is 6.01. The maximum absolute atomic E-state index is 11.3. The zero-order valence-corrected chi connectivity index (χ0v) is 7.36. The van der Waals surface area contributed by atoms with Crippen molar-refractivity contribution in [3.63, 3.8) is 0 Å². The van der Waals surface area contributed by atoms with Gasteiger partial charge in [-0.2, -0.15) is 0 Å². The van der Waals surface area contributed by atoms with Gasteiger partial charge in [0, 0.05) is 12.6 Å². The number of hydrogen-bond donors (Lipinski definition) is 0. The molecule has 0 radical (unpaired) electrons. The number of Topliss-reactive ketones (excluding diaryl/α,β-unsaturated/α-hetero) is 1. The predicted octanol–water partition coefficient (Wildman–Crippen LogP) is 2.22. The SMILES string of the molecule is O=C1CCC/C1=C\c1ccccn1. The summed E-state index contributed by atoms with van der Waals surface area (Å²) in [7, 11) is 0. The fourth-order valence-corrected chi connectivity index (χ4v) is 1.53. The molecule has 1 fully saturated rings. The molecule has 2 nitrogen and oxygen atoms in total. The maximum atomic E-state index is 11.3. The lowest BCUT2D eigenvalue weighted by atomic mass is 10.1. The van der Waals surface area contributed by atoms with Crippen LogP contribution in [0.5, 0.6) is 0 Å². The second kappa shape index (κ2) is 3.52. The van der Waals surface area contributed by atoms with Crippen LogP contribution >= 0.6 is 0 Å². The summed E-state index contributed by atoms with van der Waals surface area (Å²) >= 11 is 0. The Morgan fingerprint density at radius 2 is 2.23 bits per heavy atom. The molecule has 0 saturated heterocycles. The number of ketones is 1. The van der Waals surface area contributed by atoms with Crippen molar-refractivity contribution in [3.05, 3.63) is 35.7 Å². The highest BCUT2D eigenvalue weighted by Gasteiger charge is 2.16. The second-order valence-electron chi connectivity index (χ2n) is 3.20. The number of carbonyl (C=O) groups excluding carboxylic acids is 1. The Bertz CT molecular complexity index is 340. The van der Waals surface area contributed by atoms with Gasteiger partial charge < -0.3 is 0 Å². The summed E-state index contributed by atoms with van der Waals surface area (Å²) in [5.41, 5.74) is 1.81. The first-order chi connectivity index (χ1) is 6.36. The van der Waals surface area contributed by atoms with E-state index >= 15 is 0 Å². The fraction of sp³-hybridized carbons (Fsp3) is 0.273. The van der Waals surface area contributed by atoms with E-state index in [4.69, 9.17) is 0 Å². The Morgan fingerprint density at radius 1 is 1.31 bits per heavy atom. The highest BCUT2D eigenvalue weighted by atomic mass is 16.1. The molecule has 1 aliphatic rings. The van der Waals surface area contributed by atoms with E-state index in [-0.39, 0.29) is 5.78 Å². The first-order valence-electron chi connectivity index (χ1n) is 4.51.